The fraction of sp³-hybridized carbons (Fsp3) is 0.273. The molecule has 0 saturated carbocycles. The van der Waals surface area contributed by atoms with Gasteiger partial charge < -0.3 is 10.1 Å². The van der Waals surface area contributed by atoms with Crippen LogP contribution in [0.4, 0.5) is 5.13 Å². The van der Waals surface area contributed by atoms with E-state index < -0.39 is 0 Å². The molecule has 0 unspecified atom stereocenters. The Kier molecular flexibility index (Phi) is 3.81. The van der Waals surface area contributed by atoms with Crippen LogP contribution >= 0.6 is 22.9 Å². The fourth-order valence-electron chi connectivity index (χ4n) is 1.35. The Balaban J connectivity index is 2.02. The van der Waals surface area contributed by atoms with Crippen LogP contribution in [-0.2, 0) is 9.53 Å². The van der Waals surface area contributed by atoms with Gasteiger partial charge in [-0.1, -0.05) is 22.9 Å². The summed E-state index contributed by atoms with van der Waals surface area (Å²) in [6.45, 7) is 0.514. The molecule has 0 radical (unpaired) electrons. The van der Waals surface area contributed by atoms with Crippen LogP contribution < -0.4 is 5.32 Å². The van der Waals surface area contributed by atoms with Gasteiger partial charge in [0.25, 0.3) is 0 Å². The van der Waals surface area contributed by atoms with Crippen LogP contribution in [0.5, 0.6) is 0 Å². The molecule has 0 saturated heterocycles. The predicted octanol–water partition coefficient (Wildman–Crippen LogP) is 2.92. The average molecular weight is 271 g/mol. The first-order chi connectivity index (χ1) is 8.19. The van der Waals surface area contributed by atoms with Crippen LogP contribution in [-0.4, -0.2) is 24.6 Å². The molecule has 6 heteroatoms. The first-order valence-electron chi connectivity index (χ1n) is 5.06. The molecule has 1 N–H and O–H groups in total. The SMILES string of the molecule is COC(=O)CCNc1nc2ccc(Cl)cc2s1. The van der Waals surface area contributed by atoms with Gasteiger partial charge in [0.05, 0.1) is 23.7 Å². The van der Waals surface area contributed by atoms with Crippen molar-refractivity contribution < 1.29 is 9.53 Å². The standard InChI is InChI=1S/C11H11ClN2O2S/c1-16-10(15)4-5-13-11-14-8-3-2-7(12)6-9(8)17-11/h2-3,6H,4-5H2,1H3,(H,13,14). The second kappa shape index (κ2) is 5.33. The van der Waals surface area contributed by atoms with Gasteiger partial charge in [0.15, 0.2) is 5.13 Å². The third-order valence-corrected chi connectivity index (χ3v) is 3.39. The van der Waals surface area contributed by atoms with Crippen molar-refractivity contribution in [1.29, 1.82) is 0 Å². The normalized spacial score (nSPS) is 10.5. The van der Waals surface area contributed by atoms with Crippen molar-refractivity contribution in [2.24, 2.45) is 0 Å². The number of ether oxygens (including phenoxy) is 1. The minimum Gasteiger partial charge on any atom is -0.469 e. The van der Waals surface area contributed by atoms with E-state index in [0.717, 1.165) is 15.3 Å². The molecule has 2 aromatic rings. The van der Waals surface area contributed by atoms with Gasteiger partial charge >= 0.3 is 5.97 Å². The van der Waals surface area contributed by atoms with E-state index in [9.17, 15) is 4.79 Å². The van der Waals surface area contributed by atoms with E-state index >= 15 is 0 Å². The van der Waals surface area contributed by atoms with Crippen LogP contribution in [0.3, 0.4) is 0 Å². The summed E-state index contributed by atoms with van der Waals surface area (Å²) < 4.78 is 5.58. The lowest BCUT2D eigenvalue weighted by Gasteiger charge is -2.00. The molecule has 17 heavy (non-hydrogen) atoms. The number of carbonyl (C=O) groups excluding carboxylic acids is 1. The zero-order chi connectivity index (χ0) is 12.3. The highest BCUT2D eigenvalue weighted by molar-refractivity contribution is 7.22. The van der Waals surface area contributed by atoms with Gasteiger partial charge in [-0.25, -0.2) is 4.98 Å². The van der Waals surface area contributed by atoms with Crippen molar-refractivity contribution in [2.45, 2.75) is 6.42 Å². The molecule has 0 spiro atoms. The third-order valence-electron chi connectivity index (χ3n) is 2.18. The van der Waals surface area contributed by atoms with Crippen molar-refractivity contribution in [2.75, 3.05) is 19.0 Å². The summed E-state index contributed by atoms with van der Waals surface area (Å²) >= 11 is 7.40. The molecule has 1 aromatic carbocycles. The number of nitrogens with zero attached hydrogens (tertiary/aromatic N) is 1. The van der Waals surface area contributed by atoms with Gasteiger partial charge in [0.2, 0.25) is 0 Å². The second-order valence-corrected chi connectivity index (χ2v) is 4.85. The number of hydrogen-bond donors (Lipinski definition) is 1. The maximum absolute atomic E-state index is 10.9. The lowest BCUT2D eigenvalue weighted by molar-refractivity contribution is -0.140. The highest BCUT2D eigenvalue weighted by Gasteiger charge is 2.05. The van der Waals surface area contributed by atoms with E-state index in [4.69, 9.17) is 11.6 Å². The number of nitrogens with one attached hydrogen (secondary N) is 1. The van der Waals surface area contributed by atoms with E-state index in [1.54, 1.807) is 0 Å². The summed E-state index contributed by atoms with van der Waals surface area (Å²) in [5, 5.41) is 4.56. The molecule has 2 rings (SSSR count). The summed E-state index contributed by atoms with van der Waals surface area (Å²) in [6.07, 6.45) is 0.327. The largest absolute Gasteiger partial charge is 0.469 e. The molecule has 0 aliphatic rings. The first kappa shape index (κ1) is 12.1. The van der Waals surface area contributed by atoms with E-state index in [-0.39, 0.29) is 5.97 Å². The van der Waals surface area contributed by atoms with Crippen LogP contribution in [0.15, 0.2) is 18.2 Å². The molecule has 0 amide bonds. The number of carbonyl (C=O) groups is 1. The molecule has 0 aliphatic heterocycles. The van der Waals surface area contributed by atoms with Gasteiger partial charge in [-0.05, 0) is 18.2 Å². The van der Waals surface area contributed by atoms with Crippen LogP contribution in [0.1, 0.15) is 6.42 Å². The Morgan fingerprint density at radius 3 is 3.18 bits per heavy atom. The summed E-state index contributed by atoms with van der Waals surface area (Å²) in [5.41, 5.74) is 0.903. The average Bonchev–Trinajstić information content (AvgIpc) is 2.70. The maximum atomic E-state index is 10.9. The summed E-state index contributed by atoms with van der Waals surface area (Å²) in [7, 11) is 1.38. The minimum atomic E-state index is -0.235. The Labute approximate surface area is 108 Å². The first-order valence-corrected chi connectivity index (χ1v) is 6.25. The zero-order valence-electron chi connectivity index (χ0n) is 9.20. The zero-order valence-corrected chi connectivity index (χ0v) is 10.8. The van der Waals surface area contributed by atoms with Crippen LogP contribution in [0.25, 0.3) is 10.2 Å². The molecule has 0 fully saturated rings. The molecule has 1 heterocycles. The van der Waals surface area contributed by atoms with Gasteiger partial charge in [0.1, 0.15) is 0 Å². The molecule has 1 aromatic heterocycles. The number of halogens is 1. The molecular weight excluding hydrogens is 260 g/mol. The molecule has 0 aliphatic carbocycles. The summed E-state index contributed by atoms with van der Waals surface area (Å²) in [4.78, 5) is 15.3. The number of aromatic nitrogens is 1. The van der Waals surface area contributed by atoms with Gasteiger partial charge in [-0.3, -0.25) is 4.79 Å². The molecule has 0 bridgehead atoms. The monoisotopic (exact) mass is 270 g/mol. The van der Waals surface area contributed by atoms with Crippen LogP contribution in [0, 0.1) is 0 Å². The lowest BCUT2D eigenvalue weighted by Crippen LogP contribution is -2.09. The minimum absolute atomic E-state index is 0.235. The molecular formula is C11H11ClN2O2S. The van der Waals surface area contributed by atoms with Crippen molar-refractivity contribution in [3.05, 3.63) is 23.2 Å². The van der Waals surface area contributed by atoms with Gasteiger partial charge in [-0.15, -0.1) is 0 Å². The smallest absolute Gasteiger partial charge is 0.307 e. The van der Waals surface area contributed by atoms with Crippen molar-refractivity contribution in [3.63, 3.8) is 0 Å². The quantitative estimate of drug-likeness (QED) is 0.868. The number of anilines is 1. The highest BCUT2D eigenvalue weighted by atomic mass is 35.5. The van der Waals surface area contributed by atoms with Gasteiger partial charge in [0, 0.05) is 11.6 Å². The topological polar surface area (TPSA) is 51.2 Å². The number of hydrogen-bond acceptors (Lipinski definition) is 5. The fourth-order valence-corrected chi connectivity index (χ4v) is 2.52. The van der Waals surface area contributed by atoms with Crippen molar-refractivity contribution in [3.8, 4) is 0 Å². The third kappa shape index (κ3) is 3.08. The number of rotatable bonds is 4. The Hall–Kier alpha value is -1.33. The molecule has 90 valence electrons. The highest BCUT2D eigenvalue weighted by Crippen LogP contribution is 2.28. The molecule has 4 nitrogen and oxygen atoms in total. The van der Waals surface area contributed by atoms with E-state index in [2.05, 4.69) is 15.0 Å². The number of thiazole rings is 1. The molecule has 0 atom stereocenters. The summed E-state index contributed by atoms with van der Waals surface area (Å²) in [5.74, 6) is -0.235. The van der Waals surface area contributed by atoms with Crippen molar-refractivity contribution >= 4 is 44.3 Å². The number of methoxy groups -OCH3 is 1. The maximum Gasteiger partial charge on any atom is 0.307 e. The van der Waals surface area contributed by atoms with Crippen molar-refractivity contribution in [1.82, 2.24) is 4.98 Å². The van der Waals surface area contributed by atoms with E-state index in [1.807, 2.05) is 18.2 Å². The number of benzene rings is 1. The lowest BCUT2D eigenvalue weighted by atomic mass is 10.3. The van der Waals surface area contributed by atoms with Gasteiger partial charge in [-0.2, -0.15) is 0 Å². The van der Waals surface area contributed by atoms with Crippen LogP contribution in [0.2, 0.25) is 5.02 Å². The number of esters is 1. The second-order valence-electron chi connectivity index (χ2n) is 3.38. The Morgan fingerprint density at radius 2 is 2.41 bits per heavy atom. The van der Waals surface area contributed by atoms with E-state index in [1.165, 1.54) is 18.4 Å². The van der Waals surface area contributed by atoms with E-state index in [0.29, 0.717) is 18.0 Å². The predicted molar refractivity (Wildman–Crippen MR) is 69.8 cm³/mol. The Bertz CT molecular complexity index is 541. The number of fused-ring (bicyclic) bond motifs is 1. The Morgan fingerprint density at radius 1 is 1.59 bits per heavy atom. The summed E-state index contributed by atoms with van der Waals surface area (Å²) in [6, 6.07) is 5.56.